The highest BCUT2D eigenvalue weighted by atomic mass is 15.2. The van der Waals surface area contributed by atoms with Gasteiger partial charge >= 0.3 is 0 Å². The van der Waals surface area contributed by atoms with E-state index in [1.807, 2.05) is 6.07 Å². The Labute approximate surface area is 95.1 Å². The van der Waals surface area contributed by atoms with Crippen LogP contribution in [0.2, 0.25) is 0 Å². The summed E-state index contributed by atoms with van der Waals surface area (Å²) in [5, 5.41) is 3.60. The van der Waals surface area contributed by atoms with Crippen LogP contribution in [0.3, 0.4) is 0 Å². The molecule has 1 aromatic carbocycles. The van der Waals surface area contributed by atoms with E-state index in [0.29, 0.717) is 23.9 Å². The average Bonchev–Trinajstić information content (AvgIpc) is 3.02. The van der Waals surface area contributed by atoms with Gasteiger partial charge in [0.05, 0.1) is 12.1 Å². The van der Waals surface area contributed by atoms with Crippen LogP contribution in [-0.2, 0) is 0 Å². The van der Waals surface area contributed by atoms with Crippen LogP contribution >= 0.6 is 0 Å². The molecule has 2 aliphatic carbocycles. The lowest BCUT2D eigenvalue weighted by Crippen LogP contribution is -2.37. The maximum absolute atomic E-state index is 4.86. The van der Waals surface area contributed by atoms with E-state index in [4.69, 9.17) is 4.99 Å². The zero-order valence-electron chi connectivity index (χ0n) is 9.01. The van der Waals surface area contributed by atoms with Crippen LogP contribution in [0.4, 0.5) is 0 Å². The molecule has 0 radical (unpaired) electrons. The van der Waals surface area contributed by atoms with Crippen LogP contribution in [0.1, 0.15) is 12.0 Å². The molecular formula is C14H14N2. The molecule has 4 atom stereocenters. The van der Waals surface area contributed by atoms with E-state index >= 15 is 0 Å². The Morgan fingerprint density at radius 1 is 1.06 bits per heavy atom. The van der Waals surface area contributed by atoms with E-state index in [0.717, 1.165) is 5.84 Å². The van der Waals surface area contributed by atoms with E-state index in [-0.39, 0.29) is 0 Å². The normalized spacial score (nSPS) is 38.4. The highest BCUT2D eigenvalue weighted by molar-refractivity contribution is 6.00. The fraction of sp³-hybridized carbons (Fsp3) is 0.357. The van der Waals surface area contributed by atoms with Crippen molar-refractivity contribution in [3.8, 4) is 0 Å². The first-order valence-electron chi connectivity index (χ1n) is 6.00. The molecule has 16 heavy (non-hydrogen) atoms. The van der Waals surface area contributed by atoms with Crippen molar-refractivity contribution in [2.75, 3.05) is 0 Å². The molecule has 1 heterocycles. The highest BCUT2D eigenvalue weighted by Crippen LogP contribution is 2.43. The van der Waals surface area contributed by atoms with Crippen LogP contribution < -0.4 is 5.32 Å². The molecule has 2 heteroatoms. The molecule has 0 spiro atoms. The summed E-state index contributed by atoms with van der Waals surface area (Å²) in [4.78, 5) is 4.86. The number of hydrogen-bond donors (Lipinski definition) is 1. The summed E-state index contributed by atoms with van der Waals surface area (Å²) < 4.78 is 0. The topological polar surface area (TPSA) is 24.4 Å². The molecule has 0 saturated heterocycles. The maximum atomic E-state index is 4.86. The van der Waals surface area contributed by atoms with Gasteiger partial charge in [0.1, 0.15) is 5.84 Å². The first kappa shape index (κ1) is 8.57. The van der Waals surface area contributed by atoms with Gasteiger partial charge in [0.15, 0.2) is 0 Å². The van der Waals surface area contributed by atoms with Crippen molar-refractivity contribution >= 4 is 5.84 Å². The minimum absolute atomic E-state index is 0.491. The molecular weight excluding hydrogens is 196 g/mol. The Hall–Kier alpha value is -1.57. The molecule has 1 saturated carbocycles. The summed E-state index contributed by atoms with van der Waals surface area (Å²) in [5.74, 6) is 2.48. The number of rotatable bonds is 1. The maximum Gasteiger partial charge on any atom is 0.128 e. The van der Waals surface area contributed by atoms with Crippen LogP contribution in [0.15, 0.2) is 47.5 Å². The van der Waals surface area contributed by atoms with Crippen molar-refractivity contribution in [2.45, 2.75) is 18.5 Å². The van der Waals surface area contributed by atoms with Crippen LogP contribution in [-0.4, -0.2) is 17.9 Å². The fourth-order valence-electron chi connectivity index (χ4n) is 3.26. The van der Waals surface area contributed by atoms with Crippen molar-refractivity contribution in [1.82, 2.24) is 5.32 Å². The van der Waals surface area contributed by atoms with Gasteiger partial charge in [-0.25, -0.2) is 0 Å². The predicted molar refractivity (Wildman–Crippen MR) is 64.4 cm³/mol. The van der Waals surface area contributed by atoms with Gasteiger partial charge in [-0.1, -0.05) is 42.5 Å². The Morgan fingerprint density at radius 3 is 2.69 bits per heavy atom. The van der Waals surface area contributed by atoms with Crippen molar-refractivity contribution in [3.05, 3.63) is 48.0 Å². The quantitative estimate of drug-likeness (QED) is 0.704. The lowest BCUT2D eigenvalue weighted by Gasteiger charge is -2.18. The zero-order valence-corrected chi connectivity index (χ0v) is 9.01. The summed E-state index contributed by atoms with van der Waals surface area (Å²) >= 11 is 0. The van der Waals surface area contributed by atoms with E-state index in [1.54, 1.807) is 0 Å². The van der Waals surface area contributed by atoms with E-state index in [2.05, 4.69) is 41.7 Å². The van der Waals surface area contributed by atoms with Crippen LogP contribution in [0.5, 0.6) is 0 Å². The third-order valence-corrected chi connectivity index (χ3v) is 4.05. The second-order valence-corrected chi connectivity index (χ2v) is 4.95. The smallest absolute Gasteiger partial charge is 0.128 e. The molecule has 1 aromatic rings. The molecule has 0 aromatic heterocycles. The molecule has 1 fully saturated rings. The van der Waals surface area contributed by atoms with Gasteiger partial charge < -0.3 is 5.32 Å². The minimum Gasteiger partial charge on any atom is -0.364 e. The van der Waals surface area contributed by atoms with E-state index in [1.165, 1.54) is 12.0 Å². The number of fused-ring (bicyclic) bond motifs is 5. The highest BCUT2D eigenvalue weighted by Gasteiger charge is 2.47. The molecule has 4 rings (SSSR count). The molecule has 2 nitrogen and oxygen atoms in total. The molecule has 1 N–H and O–H groups in total. The molecule has 80 valence electrons. The minimum atomic E-state index is 0.491. The SMILES string of the molecule is C1=CC2CC1C1N=C(c3ccccc3)NC21. The van der Waals surface area contributed by atoms with Crippen LogP contribution in [0.25, 0.3) is 0 Å². The fourth-order valence-corrected chi connectivity index (χ4v) is 3.26. The van der Waals surface area contributed by atoms with Gasteiger partial charge in [-0.15, -0.1) is 0 Å². The number of amidine groups is 1. The number of hydrogen-bond acceptors (Lipinski definition) is 2. The largest absolute Gasteiger partial charge is 0.364 e. The lowest BCUT2D eigenvalue weighted by atomic mass is 9.98. The second kappa shape index (κ2) is 2.97. The van der Waals surface area contributed by atoms with Gasteiger partial charge in [0.25, 0.3) is 0 Å². The monoisotopic (exact) mass is 210 g/mol. The predicted octanol–water partition coefficient (Wildman–Crippen LogP) is 1.98. The van der Waals surface area contributed by atoms with E-state index in [9.17, 15) is 0 Å². The standard InChI is InChI=1S/C14H14N2/c1-2-4-9(5-3-1)14-15-12-10-6-7-11(8-10)13(12)16-14/h1-7,10-13H,8H2,(H,15,16). The molecule has 3 aliphatic rings. The van der Waals surface area contributed by atoms with Crippen molar-refractivity contribution in [3.63, 3.8) is 0 Å². The molecule has 2 bridgehead atoms. The molecule has 0 amide bonds. The third-order valence-electron chi connectivity index (χ3n) is 4.05. The Morgan fingerprint density at radius 2 is 1.88 bits per heavy atom. The molecule has 1 aliphatic heterocycles. The van der Waals surface area contributed by atoms with Gasteiger partial charge in [0, 0.05) is 11.5 Å². The zero-order chi connectivity index (χ0) is 10.5. The Bertz CT molecular complexity index is 475. The van der Waals surface area contributed by atoms with E-state index < -0.39 is 0 Å². The van der Waals surface area contributed by atoms with Crippen molar-refractivity contribution in [1.29, 1.82) is 0 Å². The number of nitrogens with one attached hydrogen (secondary N) is 1. The lowest BCUT2D eigenvalue weighted by molar-refractivity contribution is 0.497. The second-order valence-electron chi connectivity index (χ2n) is 4.95. The van der Waals surface area contributed by atoms with Gasteiger partial charge in [-0.3, -0.25) is 4.99 Å². The first-order valence-corrected chi connectivity index (χ1v) is 6.00. The van der Waals surface area contributed by atoms with Crippen molar-refractivity contribution in [2.24, 2.45) is 16.8 Å². The number of nitrogens with zero attached hydrogens (tertiary/aromatic N) is 1. The van der Waals surface area contributed by atoms with Gasteiger partial charge in [-0.05, 0) is 12.3 Å². The van der Waals surface area contributed by atoms with Crippen molar-refractivity contribution < 1.29 is 0 Å². The number of benzene rings is 1. The first-order chi connectivity index (χ1) is 7.92. The number of aliphatic imine (C=N–C) groups is 1. The average molecular weight is 210 g/mol. The summed E-state index contributed by atoms with van der Waals surface area (Å²) in [7, 11) is 0. The Kier molecular flexibility index (Phi) is 1.59. The van der Waals surface area contributed by atoms with Crippen LogP contribution in [0, 0.1) is 11.8 Å². The summed E-state index contributed by atoms with van der Waals surface area (Å²) in [6.45, 7) is 0. The van der Waals surface area contributed by atoms with Gasteiger partial charge in [-0.2, -0.15) is 0 Å². The third kappa shape index (κ3) is 1.04. The van der Waals surface area contributed by atoms with Gasteiger partial charge in [0.2, 0.25) is 0 Å². The Balaban J connectivity index is 1.69. The summed E-state index contributed by atoms with van der Waals surface area (Å²) in [6.07, 6.45) is 6.02. The summed E-state index contributed by atoms with van der Waals surface area (Å²) in [5.41, 5.74) is 1.22. The molecule has 4 unspecified atom stereocenters. The summed E-state index contributed by atoms with van der Waals surface area (Å²) in [6, 6.07) is 11.5.